The van der Waals surface area contributed by atoms with Crippen LogP contribution in [0, 0.1) is 0 Å². The molecule has 0 spiro atoms. The molecule has 1 aromatic heterocycles. The molecule has 2 heterocycles. The third-order valence-electron chi connectivity index (χ3n) is 4.46. The second-order valence-electron chi connectivity index (χ2n) is 6.57. The molecule has 2 aromatic rings. The van der Waals surface area contributed by atoms with E-state index in [1.165, 1.54) is 0 Å². The maximum absolute atomic E-state index is 12.4. The highest BCUT2D eigenvalue weighted by Gasteiger charge is 2.29. The van der Waals surface area contributed by atoms with Crippen LogP contribution in [0.3, 0.4) is 0 Å². The van der Waals surface area contributed by atoms with Crippen LogP contribution in [0.1, 0.15) is 12.8 Å². The second kappa shape index (κ2) is 10.2. The molecule has 1 aliphatic heterocycles. The number of rotatable bonds is 6. The first-order valence-electron chi connectivity index (χ1n) is 9.24. The monoisotopic (exact) mass is 463 g/mol. The molecule has 154 valence electrons. The van der Waals surface area contributed by atoms with E-state index in [9.17, 15) is 14.7 Å². The molecule has 1 aliphatic rings. The molecule has 1 saturated heterocycles. The molecule has 2 N–H and O–H groups in total. The van der Waals surface area contributed by atoms with Gasteiger partial charge in [0.05, 0.1) is 0 Å². The van der Waals surface area contributed by atoms with Crippen molar-refractivity contribution in [1.29, 1.82) is 0 Å². The largest absolute Gasteiger partial charge is 0.490 e. The van der Waals surface area contributed by atoms with Crippen LogP contribution in [-0.2, 0) is 9.53 Å². The van der Waals surface area contributed by atoms with Crippen molar-refractivity contribution in [2.75, 3.05) is 25.0 Å². The first kappa shape index (κ1) is 21.1. The number of nitrogens with one attached hydrogen (secondary N) is 1. The summed E-state index contributed by atoms with van der Waals surface area (Å²) in [6.07, 6.45) is 2.11. The number of anilines is 1. The summed E-state index contributed by atoms with van der Waals surface area (Å²) >= 11 is 3.33. The number of halogens is 1. The smallest absolute Gasteiger partial charge is 0.411 e. The van der Waals surface area contributed by atoms with Gasteiger partial charge in [-0.1, -0.05) is 15.9 Å². The van der Waals surface area contributed by atoms with Gasteiger partial charge in [-0.15, -0.1) is 0 Å². The van der Waals surface area contributed by atoms with E-state index in [1.807, 2.05) is 12.1 Å². The van der Waals surface area contributed by atoms with Crippen LogP contribution in [0.25, 0.3) is 0 Å². The van der Waals surface area contributed by atoms with Crippen LogP contribution in [0.15, 0.2) is 53.3 Å². The zero-order valence-electron chi connectivity index (χ0n) is 15.7. The minimum atomic E-state index is -1.24. The van der Waals surface area contributed by atoms with Crippen LogP contribution < -0.4 is 10.1 Å². The average molecular weight is 464 g/mol. The molecule has 1 fully saturated rings. The van der Waals surface area contributed by atoms with Gasteiger partial charge in [0, 0.05) is 48.5 Å². The Bertz CT molecular complexity index is 811. The molecule has 0 unspecified atom stereocenters. The molecule has 0 aliphatic carbocycles. The van der Waals surface area contributed by atoms with Crippen LogP contribution in [-0.4, -0.2) is 58.9 Å². The lowest BCUT2D eigenvalue weighted by Gasteiger charge is -2.32. The summed E-state index contributed by atoms with van der Waals surface area (Å²) in [6, 6.07) is 10.5. The number of carbonyl (C=O) groups excluding carboxylic acids is 2. The number of aliphatic hydroxyl groups excluding tert-OH is 1. The number of amides is 2. The van der Waals surface area contributed by atoms with E-state index in [4.69, 9.17) is 9.47 Å². The molecular formula is C20H22BrN3O5. The number of ether oxygens (including phenoxy) is 2. The molecule has 1 aromatic carbocycles. The second-order valence-corrected chi connectivity index (χ2v) is 7.49. The number of likely N-dealkylation sites (tertiary alicyclic amines) is 1. The number of piperidine rings is 1. The lowest BCUT2D eigenvalue weighted by molar-refractivity contribution is -0.143. The lowest BCUT2D eigenvalue weighted by Crippen LogP contribution is -2.47. The minimum Gasteiger partial charge on any atom is -0.490 e. The summed E-state index contributed by atoms with van der Waals surface area (Å²) in [4.78, 5) is 29.8. The summed E-state index contributed by atoms with van der Waals surface area (Å²) in [5.41, 5.74) is 0.603. The molecular weight excluding hydrogens is 442 g/mol. The predicted molar refractivity (Wildman–Crippen MR) is 110 cm³/mol. The van der Waals surface area contributed by atoms with E-state index in [2.05, 4.69) is 26.2 Å². The fourth-order valence-corrected chi connectivity index (χ4v) is 3.18. The average Bonchev–Trinajstić information content (AvgIpc) is 2.74. The Kier molecular flexibility index (Phi) is 7.42. The summed E-state index contributed by atoms with van der Waals surface area (Å²) in [5.74, 6) is 0.189. The highest BCUT2D eigenvalue weighted by atomic mass is 79.9. The van der Waals surface area contributed by atoms with Crippen molar-refractivity contribution >= 4 is 33.6 Å². The van der Waals surface area contributed by atoms with Crippen LogP contribution >= 0.6 is 15.9 Å². The number of hydrogen-bond donors (Lipinski definition) is 2. The van der Waals surface area contributed by atoms with Gasteiger partial charge in [-0.25, -0.2) is 4.79 Å². The third kappa shape index (κ3) is 6.43. The standard InChI is InChI=1S/C20H22BrN3O5/c21-14-1-3-16(4-2-14)28-13-18(25)19(26)24-11-7-17(8-12-24)29-20(27)23-15-5-9-22-10-6-15/h1-6,9-10,17-18,25H,7-8,11-13H2,(H,22,23,27)/t18-/m0/s1. The Morgan fingerprint density at radius 3 is 2.48 bits per heavy atom. The van der Waals surface area contributed by atoms with Crippen LogP contribution in [0.2, 0.25) is 0 Å². The van der Waals surface area contributed by atoms with Gasteiger partial charge in [0.2, 0.25) is 0 Å². The summed E-state index contributed by atoms with van der Waals surface area (Å²) in [6.45, 7) is 0.688. The van der Waals surface area contributed by atoms with Crippen molar-refractivity contribution in [3.63, 3.8) is 0 Å². The fourth-order valence-electron chi connectivity index (χ4n) is 2.92. The third-order valence-corrected chi connectivity index (χ3v) is 4.99. The van der Waals surface area contributed by atoms with E-state index in [-0.39, 0.29) is 18.6 Å². The van der Waals surface area contributed by atoms with Crippen molar-refractivity contribution in [3.05, 3.63) is 53.3 Å². The Labute approximate surface area is 177 Å². The van der Waals surface area contributed by atoms with Crippen molar-refractivity contribution < 1.29 is 24.2 Å². The van der Waals surface area contributed by atoms with Gasteiger partial charge in [0.1, 0.15) is 18.5 Å². The van der Waals surface area contributed by atoms with E-state index < -0.39 is 12.2 Å². The maximum Gasteiger partial charge on any atom is 0.411 e. The zero-order chi connectivity index (χ0) is 20.6. The van der Waals surface area contributed by atoms with E-state index in [1.54, 1.807) is 41.6 Å². The Morgan fingerprint density at radius 2 is 1.83 bits per heavy atom. The molecule has 1 atom stereocenters. The molecule has 9 heteroatoms. The van der Waals surface area contributed by atoms with Crippen LogP contribution in [0.4, 0.5) is 10.5 Å². The van der Waals surface area contributed by atoms with Gasteiger partial charge in [0.25, 0.3) is 5.91 Å². The van der Waals surface area contributed by atoms with Crippen molar-refractivity contribution in [1.82, 2.24) is 9.88 Å². The highest BCUT2D eigenvalue weighted by molar-refractivity contribution is 9.10. The SMILES string of the molecule is O=C(Nc1ccncc1)OC1CCN(C(=O)[C@@H](O)COc2ccc(Br)cc2)CC1. The number of aromatic nitrogens is 1. The molecule has 0 saturated carbocycles. The van der Waals surface area contributed by atoms with Gasteiger partial charge < -0.3 is 19.5 Å². The number of pyridine rings is 1. The van der Waals surface area contributed by atoms with Crippen LogP contribution in [0.5, 0.6) is 5.75 Å². The van der Waals surface area contributed by atoms with E-state index >= 15 is 0 Å². The first-order valence-corrected chi connectivity index (χ1v) is 10.0. The lowest BCUT2D eigenvalue weighted by atomic mass is 10.1. The van der Waals surface area contributed by atoms with Gasteiger partial charge in [-0.2, -0.15) is 0 Å². The number of nitrogens with zero attached hydrogens (tertiary/aromatic N) is 2. The maximum atomic E-state index is 12.4. The number of benzene rings is 1. The molecule has 0 radical (unpaired) electrons. The normalized spacial score (nSPS) is 15.4. The topological polar surface area (TPSA) is 101 Å². The van der Waals surface area contributed by atoms with Gasteiger partial charge in [-0.05, 0) is 36.4 Å². The number of hydrogen-bond acceptors (Lipinski definition) is 6. The zero-order valence-corrected chi connectivity index (χ0v) is 17.2. The van der Waals surface area contributed by atoms with Crippen molar-refractivity contribution in [2.24, 2.45) is 0 Å². The number of carbonyl (C=O) groups is 2. The first-order chi connectivity index (χ1) is 14.0. The molecule has 0 bridgehead atoms. The highest BCUT2D eigenvalue weighted by Crippen LogP contribution is 2.18. The van der Waals surface area contributed by atoms with Crippen molar-refractivity contribution in [3.8, 4) is 5.75 Å². The quantitative estimate of drug-likeness (QED) is 0.682. The minimum absolute atomic E-state index is 0.120. The Balaban J connectivity index is 1.39. The fraction of sp³-hybridized carbons (Fsp3) is 0.350. The van der Waals surface area contributed by atoms with E-state index in [0.29, 0.717) is 37.4 Å². The van der Waals surface area contributed by atoms with E-state index in [0.717, 1.165) is 4.47 Å². The van der Waals surface area contributed by atoms with Gasteiger partial charge in [0.15, 0.2) is 6.10 Å². The number of aliphatic hydroxyl groups is 1. The molecule has 29 heavy (non-hydrogen) atoms. The van der Waals surface area contributed by atoms with Gasteiger partial charge in [-0.3, -0.25) is 15.1 Å². The summed E-state index contributed by atoms with van der Waals surface area (Å²) in [7, 11) is 0. The summed E-state index contributed by atoms with van der Waals surface area (Å²) in [5, 5.41) is 12.8. The molecule has 8 nitrogen and oxygen atoms in total. The molecule has 2 amide bonds. The Morgan fingerprint density at radius 1 is 1.17 bits per heavy atom. The van der Waals surface area contributed by atoms with Crippen molar-refractivity contribution in [2.45, 2.75) is 25.0 Å². The summed E-state index contributed by atoms with van der Waals surface area (Å²) < 4.78 is 11.8. The van der Waals surface area contributed by atoms with Gasteiger partial charge >= 0.3 is 6.09 Å². The Hall–Kier alpha value is -2.65. The predicted octanol–water partition coefficient (Wildman–Crippen LogP) is 2.82. The molecule has 3 rings (SSSR count).